The summed E-state index contributed by atoms with van der Waals surface area (Å²) in [6.07, 6.45) is 5.11. The van der Waals surface area contributed by atoms with E-state index in [4.69, 9.17) is 0 Å². The van der Waals surface area contributed by atoms with Crippen LogP contribution in [-0.2, 0) is 11.0 Å². The van der Waals surface area contributed by atoms with Crippen LogP contribution in [0.4, 0.5) is 0 Å². The maximum absolute atomic E-state index is 11.0. The van der Waals surface area contributed by atoms with Crippen molar-refractivity contribution in [3.05, 3.63) is 88.4 Å². The highest BCUT2D eigenvalue weighted by atomic mass is 32.1. The van der Waals surface area contributed by atoms with Crippen molar-refractivity contribution in [3.8, 4) is 0 Å². The van der Waals surface area contributed by atoms with Crippen LogP contribution in [-0.4, -0.2) is 10.1 Å². The number of aromatic nitrogens is 1. The molecule has 1 aliphatic carbocycles. The number of rotatable bonds is 3. The molecule has 1 N–H and O–H groups in total. The molecule has 0 atom stereocenters. The molecule has 0 spiro atoms. The van der Waals surface area contributed by atoms with Crippen LogP contribution in [0, 0.1) is 0 Å². The lowest BCUT2D eigenvalue weighted by Crippen LogP contribution is -2.52. The van der Waals surface area contributed by atoms with Crippen molar-refractivity contribution in [1.29, 1.82) is 0 Å². The summed E-state index contributed by atoms with van der Waals surface area (Å²) in [5, 5.41) is 13.1. The van der Waals surface area contributed by atoms with Gasteiger partial charge in [-0.3, -0.25) is 4.98 Å². The quantitative estimate of drug-likeness (QED) is 0.790. The van der Waals surface area contributed by atoms with Gasteiger partial charge in [-0.05, 0) is 47.5 Å². The Morgan fingerprint density at radius 1 is 0.864 bits per heavy atom. The molecule has 110 valence electrons. The molecule has 0 radical (unpaired) electrons. The Morgan fingerprint density at radius 3 is 2.18 bits per heavy atom. The van der Waals surface area contributed by atoms with Crippen molar-refractivity contribution in [3.63, 3.8) is 0 Å². The monoisotopic (exact) mass is 307 g/mol. The first-order valence-electron chi connectivity index (χ1n) is 7.45. The topological polar surface area (TPSA) is 33.1 Å². The second-order valence-electron chi connectivity index (χ2n) is 6.05. The van der Waals surface area contributed by atoms with E-state index in [0.717, 1.165) is 4.88 Å². The number of pyridine rings is 1. The Kier molecular flexibility index (Phi) is 3.13. The van der Waals surface area contributed by atoms with Gasteiger partial charge in [-0.2, -0.15) is 0 Å². The smallest absolute Gasteiger partial charge is 0.101 e. The zero-order valence-corrected chi connectivity index (χ0v) is 13.0. The van der Waals surface area contributed by atoms with Crippen LogP contribution in [0.2, 0.25) is 0 Å². The lowest BCUT2D eigenvalue weighted by atomic mass is 9.53. The molecule has 2 nitrogen and oxygen atoms in total. The van der Waals surface area contributed by atoms with E-state index in [1.54, 1.807) is 11.3 Å². The zero-order chi connectivity index (χ0) is 15.0. The molecule has 2 aromatic heterocycles. The highest BCUT2D eigenvalue weighted by Crippen LogP contribution is 2.59. The summed E-state index contributed by atoms with van der Waals surface area (Å²) in [7, 11) is 0. The van der Waals surface area contributed by atoms with Crippen molar-refractivity contribution in [1.82, 2.24) is 4.98 Å². The molecule has 0 amide bonds. The highest BCUT2D eigenvalue weighted by Gasteiger charge is 2.56. The van der Waals surface area contributed by atoms with Crippen LogP contribution in [0.15, 0.2) is 72.4 Å². The fourth-order valence-electron chi connectivity index (χ4n) is 3.67. The predicted octanol–water partition coefficient (Wildman–Crippen LogP) is 4.11. The van der Waals surface area contributed by atoms with Crippen molar-refractivity contribution in [2.24, 2.45) is 0 Å². The number of thiophene rings is 1. The molecule has 0 aliphatic heterocycles. The van der Waals surface area contributed by atoms with Gasteiger partial charge in [0.2, 0.25) is 0 Å². The van der Waals surface area contributed by atoms with E-state index >= 15 is 0 Å². The number of nitrogens with zero attached hydrogens (tertiary/aromatic N) is 1. The van der Waals surface area contributed by atoms with Gasteiger partial charge in [0.1, 0.15) is 5.60 Å². The standard InChI is InChI=1S/C19H17NOS/c21-19(17-7-4-12-22-17)13-18(14-19,15-5-2-1-3-6-15)16-8-10-20-11-9-16/h1-12,21H,13-14H2. The fourth-order valence-corrected chi connectivity index (χ4v) is 4.49. The highest BCUT2D eigenvalue weighted by molar-refractivity contribution is 7.10. The normalized spacial score (nSPS) is 27.3. The van der Waals surface area contributed by atoms with Gasteiger partial charge in [-0.15, -0.1) is 11.3 Å². The molecular weight excluding hydrogens is 290 g/mol. The van der Waals surface area contributed by atoms with Crippen molar-refractivity contribution < 1.29 is 5.11 Å². The first kappa shape index (κ1) is 13.7. The Bertz CT molecular complexity index is 705. The lowest BCUT2D eigenvalue weighted by Gasteiger charge is -2.54. The average molecular weight is 307 g/mol. The zero-order valence-electron chi connectivity index (χ0n) is 12.1. The van der Waals surface area contributed by atoms with Gasteiger partial charge >= 0.3 is 0 Å². The minimum absolute atomic E-state index is 0.122. The maximum Gasteiger partial charge on any atom is 0.101 e. The van der Waals surface area contributed by atoms with Gasteiger partial charge in [-0.25, -0.2) is 0 Å². The van der Waals surface area contributed by atoms with Crippen LogP contribution < -0.4 is 0 Å². The molecule has 1 aliphatic rings. The molecule has 1 fully saturated rings. The summed E-state index contributed by atoms with van der Waals surface area (Å²) >= 11 is 1.63. The van der Waals surface area contributed by atoms with E-state index in [2.05, 4.69) is 41.4 Å². The summed E-state index contributed by atoms with van der Waals surface area (Å²) in [6.45, 7) is 0. The Balaban J connectivity index is 1.78. The van der Waals surface area contributed by atoms with E-state index in [-0.39, 0.29) is 5.41 Å². The first-order valence-corrected chi connectivity index (χ1v) is 8.33. The van der Waals surface area contributed by atoms with Gasteiger partial charge in [0.05, 0.1) is 0 Å². The third-order valence-electron chi connectivity index (χ3n) is 4.73. The van der Waals surface area contributed by atoms with Crippen LogP contribution in [0.5, 0.6) is 0 Å². The molecule has 0 bridgehead atoms. The number of hydrogen-bond acceptors (Lipinski definition) is 3. The minimum atomic E-state index is -0.715. The number of benzene rings is 1. The van der Waals surface area contributed by atoms with Crippen LogP contribution >= 0.6 is 11.3 Å². The first-order chi connectivity index (χ1) is 10.7. The van der Waals surface area contributed by atoms with Crippen molar-refractivity contribution in [2.75, 3.05) is 0 Å². The summed E-state index contributed by atoms with van der Waals surface area (Å²) < 4.78 is 0. The Morgan fingerprint density at radius 2 is 1.55 bits per heavy atom. The van der Waals surface area contributed by atoms with E-state index < -0.39 is 5.60 Å². The van der Waals surface area contributed by atoms with Gasteiger partial charge < -0.3 is 5.11 Å². The third-order valence-corrected chi connectivity index (χ3v) is 5.79. The molecule has 3 aromatic rings. The molecular formula is C19H17NOS. The van der Waals surface area contributed by atoms with Crippen molar-refractivity contribution in [2.45, 2.75) is 23.9 Å². The lowest BCUT2D eigenvalue weighted by molar-refractivity contribution is -0.0809. The second kappa shape index (κ2) is 5.04. The van der Waals surface area contributed by atoms with E-state index in [0.29, 0.717) is 12.8 Å². The predicted molar refractivity (Wildman–Crippen MR) is 88.9 cm³/mol. The summed E-state index contributed by atoms with van der Waals surface area (Å²) in [5.41, 5.74) is 1.66. The Hall–Kier alpha value is -1.97. The number of aliphatic hydroxyl groups is 1. The summed E-state index contributed by atoms with van der Waals surface area (Å²) in [5.74, 6) is 0. The summed E-state index contributed by atoms with van der Waals surface area (Å²) in [6, 6.07) is 18.7. The minimum Gasteiger partial charge on any atom is -0.384 e. The third kappa shape index (κ3) is 2.01. The molecule has 1 aromatic carbocycles. The molecule has 22 heavy (non-hydrogen) atoms. The van der Waals surface area contributed by atoms with Crippen molar-refractivity contribution >= 4 is 11.3 Å². The summed E-state index contributed by atoms with van der Waals surface area (Å²) in [4.78, 5) is 5.20. The van der Waals surface area contributed by atoms with E-state index in [1.165, 1.54) is 11.1 Å². The van der Waals surface area contributed by atoms with E-state index in [1.807, 2.05) is 36.0 Å². The van der Waals surface area contributed by atoms with Crippen LogP contribution in [0.1, 0.15) is 28.8 Å². The fraction of sp³-hybridized carbons (Fsp3) is 0.211. The number of hydrogen-bond donors (Lipinski definition) is 1. The van der Waals surface area contributed by atoms with Gasteiger partial charge in [0.15, 0.2) is 0 Å². The second-order valence-corrected chi connectivity index (χ2v) is 6.99. The van der Waals surface area contributed by atoms with Crippen LogP contribution in [0.3, 0.4) is 0 Å². The van der Waals surface area contributed by atoms with E-state index in [9.17, 15) is 5.11 Å². The maximum atomic E-state index is 11.0. The molecule has 3 heteroatoms. The van der Waals surface area contributed by atoms with Crippen LogP contribution in [0.25, 0.3) is 0 Å². The van der Waals surface area contributed by atoms with Gasteiger partial charge in [0.25, 0.3) is 0 Å². The molecule has 2 heterocycles. The molecule has 1 saturated carbocycles. The molecule has 4 rings (SSSR count). The SMILES string of the molecule is OC1(c2cccs2)CC(c2ccccc2)(c2ccncc2)C1. The molecule has 0 saturated heterocycles. The largest absolute Gasteiger partial charge is 0.384 e. The Labute approximate surface area is 134 Å². The average Bonchev–Trinajstić information content (AvgIpc) is 3.08. The molecule has 0 unspecified atom stereocenters. The van der Waals surface area contributed by atoms with Gasteiger partial charge in [-0.1, -0.05) is 36.4 Å². The van der Waals surface area contributed by atoms with Gasteiger partial charge in [0, 0.05) is 22.7 Å².